The van der Waals surface area contributed by atoms with Crippen LogP contribution in [0.25, 0.3) is 0 Å². The Kier molecular flexibility index (Phi) is 6.38. The number of amides is 1. The second-order valence-corrected chi connectivity index (χ2v) is 6.53. The standard InChI is InChI=1S/C17H26N6O4/c1-3-5-8-14-20-23(17(25)22(14)4-2)11-15(24)18-10-13-19-16(27-21-13)12-7-6-9-26-12/h12H,3-11H2,1-2H3,(H,18,24)/t12-/m1/s1. The zero-order valence-electron chi connectivity index (χ0n) is 15.8. The summed E-state index contributed by atoms with van der Waals surface area (Å²) in [5.41, 5.74) is -0.265. The number of nitrogens with one attached hydrogen (secondary N) is 1. The van der Waals surface area contributed by atoms with Crippen molar-refractivity contribution in [3.63, 3.8) is 0 Å². The minimum Gasteiger partial charge on any atom is -0.368 e. The molecule has 3 heterocycles. The van der Waals surface area contributed by atoms with Crippen LogP contribution in [0, 0.1) is 0 Å². The highest BCUT2D eigenvalue weighted by molar-refractivity contribution is 5.75. The van der Waals surface area contributed by atoms with Crippen LogP contribution in [0.15, 0.2) is 9.32 Å². The number of aromatic nitrogens is 5. The molecule has 1 saturated heterocycles. The van der Waals surface area contributed by atoms with E-state index in [1.807, 2.05) is 6.92 Å². The average Bonchev–Trinajstić information content (AvgIpc) is 3.39. The maximum absolute atomic E-state index is 12.4. The molecule has 0 aliphatic carbocycles. The van der Waals surface area contributed by atoms with Crippen molar-refractivity contribution in [3.8, 4) is 0 Å². The Morgan fingerprint density at radius 2 is 2.22 bits per heavy atom. The van der Waals surface area contributed by atoms with Crippen LogP contribution < -0.4 is 11.0 Å². The fraction of sp³-hybridized carbons (Fsp3) is 0.706. The highest BCUT2D eigenvalue weighted by Gasteiger charge is 2.24. The van der Waals surface area contributed by atoms with Gasteiger partial charge in [-0.1, -0.05) is 18.5 Å². The van der Waals surface area contributed by atoms with Gasteiger partial charge in [0.25, 0.3) is 5.89 Å². The second kappa shape index (κ2) is 8.94. The molecule has 1 fully saturated rings. The van der Waals surface area contributed by atoms with Crippen LogP contribution in [0.2, 0.25) is 0 Å². The molecule has 1 aliphatic heterocycles. The van der Waals surface area contributed by atoms with Crippen molar-refractivity contribution in [1.29, 1.82) is 0 Å². The molecule has 0 bridgehead atoms. The summed E-state index contributed by atoms with van der Waals surface area (Å²) >= 11 is 0. The maximum Gasteiger partial charge on any atom is 0.346 e. The molecule has 1 amide bonds. The Bertz CT molecular complexity index is 818. The SMILES string of the molecule is CCCCc1nn(CC(=O)NCc2noc([C@H]3CCCO3)n2)c(=O)n1CC. The fourth-order valence-corrected chi connectivity index (χ4v) is 3.04. The lowest BCUT2D eigenvalue weighted by Gasteiger charge is -2.02. The van der Waals surface area contributed by atoms with Gasteiger partial charge in [-0.15, -0.1) is 0 Å². The highest BCUT2D eigenvalue weighted by atomic mass is 16.5. The van der Waals surface area contributed by atoms with Gasteiger partial charge in [0.1, 0.15) is 18.5 Å². The topological polar surface area (TPSA) is 117 Å². The summed E-state index contributed by atoms with van der Waals surface area (Å²) in [7, 11) is 0. The van der Waals surface area contributed by atoms with E-state index in [-0.39, 0.29) is 30.8 Å². The first-order valence-electron chi connectivity index (χ1n) is 9.49. The van der Waals surface area contributed by atoms with Crippen molar-refractivity contribution in [2.45, 2.75) is 71.7 Å². The maximum atomic E-state index is 12.4. The minimum absolute atomic E-state index is 0.126. The quantitative estimate of drug-likeness (QED) is 0.690. The van der Waals surface area contributed by atoms with Gasteiger partial charge in [-0.3, -0.25) is 9.36 Å². The molecule has 2 aromatic heterocycles. The number of unbranched alkanes of at least 4 members (excludes halogenated alkanes) is 1. The lowest BCUT2D eigenvalue weighted by molar-refractivity contribution is -0.122. The third-order valence-corrected chi connectivity index (χ3v) is 4.50. The van der Waals surface area contributed by atoms with Crippen molar-refractivity contribution in [2.75, 3.05) is 6.61 Å². The van der Waals surface area contributed by atoms with Gasteiger partial charge in [-0.2, -0.15) is 10.1 Å². The fourth-order valence-electron chi connectivity index (χ4n) is 3.04. The molecule has 1 aliphatic rings. The van der Waals surface area contributed by atoms with Crippen LogP contribution in [-0.2, 0) is 35.6 Å². The van der Waals surface area contributed by atoms with Gasteiger partial charge in [0.05, 0.1) is 6.54 Å². The number of hydrogen-bond acceptors (Lipinski definition) is 7. The van der Waals surface area contributed by atoms with Crippen LogP contribution in [0.1, 0.15) is 63.2 Å². The Labute approximate surface area is 156 Å². The zero-order valence-corrected chi connectivity index (χ0v) is 15.8. The number of carbonyl (C=O) groups is 1. The first-order valence-corrected chi connectivity index (χ1v) is 9.49. The largest absolute Gasteiger partial charge is 0.368 e. The molecule has 0 saturated carbocycles. The van der Waals surface area contributed by atoms with Crippen LogP contribution in [-0.4, -0.2) is 37.0 Å². The third-order valence-electron chi connectivity index (χ3n) is 4.50. The summed E-state index contributed by atoms with van der Waals surface area (Å²) in [4.78, 5) is 28.8. The molecule has 2 aromatic rings. The Hall–Kier alpha value is -2.49. The number of aryl methyl sites for hydroxylation is 1. The number of rotatable bonds is 9. The summed E-state index contributed by atoms with van der Waals surface area (Å²) in [6.45, 7) is 5.20. The van der Waals surface area contributed by atoms with Crippen molar-refractivity contribution >= 4 is 5.91 Å². The molecule has 0 radical (unpaired) electrons. The molecular formula is C17H26N6O4. The number of carbonyl (C=O) groups excluding carboxylic acids is 1. The van der Waals surface area contributed by atoms with E-state index in [0.717, 1.165) is 37.9 Å². The summed E-state index contributed by atoms with van der Waals surface area (Å²) < 4.78 is 13.5. The van der Waals surface area contributed by atoms with E-state index in [1.54, 1.807) is 4.57 Å². The summed E-state index contributed by atoms with van der Waals surface area (Å²) in [6, 6.07) is 0. The molecule has 148 valence electrons. The number of hydrogen-bond donors (Lipinski definition) is 1. The van der Waals surface area contributed by atoms with E-state index in [1.165, 1.54) is 4.68 Å². The van der Waals surface area contributed by atoms with Crippen LogP contribution in [0.5, 0.6) is 0 Å². The Morgan fingerprint density at radius 1 is 1.37 bits per heavy atom. The molecule has 1 atom stereocenters. The normalized spacial score (nSPS) is 16.7. The Balaban J connectivity index is 1.56. The lowest BCUT2D eigenvalue weighted by Crippen LogP contribution is -2.33. The van der Waals surface area contributed by atoms with Gasteiger partial charge in [0.15, 0.2) is 5.82 Å². The molecule has 0 aromatic carbocycles. The van der Waals surface area contributed by atoms with E-state index >= 15 is 0 Å². The van der Waals surface area contributed by atoms with Gasteiger partial charge in [-0.05, 0) is 26.2 Å². The monoisotopic (exact) mass is 378 g/mol. The summed E-state index contributed by atoms with van der Waals surface area (Å²) in [5, 5.41) is 10.9. The molecule has 1 N–H and O–H groups in total. The van der Waals surface area contributed by atoms with E-state index in [9.17, 15) is 9.59 Å². The summed E-state index contributed by atoms with van der Waals surface area (Å²) in [6.07, 6.45) is 4.37. The van der Waals surface area contributed by atoms with Crippen LogP contribution in [0.4, 0.5) is 0 Å². The molecular weight excluding hydrogens is 352 g/mol. The van der Waals surface area contributed by atoms with Gasteiger partial charge >= 0.3 is 5.69 Å². The van der Waals surface area contributed by atoms with Gasteiger partial charge in [-0.25, -0.2) is 9.48 Å². The van der Waals surface area contributed by atoms with Crippen molar-refractivity contribution < 1.29 is 14.1 Å². The molecule has 3 rings (SSSR count). The molecule has 10 nitrogen and oxygen atoms in total. The zero-order chi connectivity index (χ0) is 19.2. The van der Waals surface area contributed by atoms with E-state index in [4.69, 9.17) is 9.26 Å². The second-order valence-electron chi connectivity index (χ2n) is 6.53. The van der Waals surface area contributed by atoms with E-state index < -0.39 is 0 Å². The van der Waals surface area contributed by atoms with Gasteiger partial charge in [0.2, 0.25) is 5.91 Å². The van der Waals surface area contributed by atoms with Crippen molar-refractivity contribution in [1.82, 2.24) is 29.8 Å². The first kappa shape index (κ1) is 19.3. The summed E-state index contributed by atoms with van der Waals surface area (Å²) in [5.74, 6) is 1.21. The number of ether oxygens (including phenoxy) is 1. The predicted octanol–water partition coefficient (Wildman–Crippen LogP) is 0.958. The van der Waals surface area contributed by atoms with Crippen molar-refractivity contribution in [3.05, 3.63) is 28.0 Å². The molecule has 0 unspecified atom stereocenters. The predicted molar refractivity (Wildman–Crippen MR) is 94.8 cm³/mol. The average molecular weight is 378 g/mol. The lowest BCUT2D eigenvalue weighted by atomic mass is 10.2. The first-order chi connectivity index (χ1) is 13.1. The third kappa shape index (κ3) is 4.62. The Morgan fingerprint density at radius 3 is 2.93 bits per heavy atom. The van der Waals surface area contributed by atoms with E-state index in [0.29, 0.717) is 24.9 Å². The van der Waals surface area contributed by atoms with Gasteiger partial charge < -0.3 is 14.6 Å². The van der Waals surface area contributed by atoms with Crippen LogP contribution in [0.3, 0.4) is 0 Å². The smallest absolute Gasteiger partial charge is 0.346 e. The van der Waals surface area contributed by atoms with Crippen molar-refractivity contribution in [2.24, 2.45) is 0 Å². The highest BCUT2D eigenvalue weighted by Crippen LogP contribution is 2.26. The molecule has 10 heteroatoms. The minimum atomic E-state index is -0.330. The molecule has 27 heavy (non-hydrogen) atoms. The molecule has 0 spiro atoms. The van der Waals surface area contributed by atoms with Gasteiger partial charge in [0, 0.05) is 19.6 Å². The van der Waals surface area contributed by atoms with E-state index in [2.05, 4.69) is 27.5 Å². The van der Waals surface area contributed by atoms with Crippen LogP contribution >= 0.6 is 0 Å². The number of nitrogens with zero attached hydrogens (tertiary/aromatic N) is 5.